The molecule has 1 aliphatic rings. The summed E-state index contributed by atoms with van der Waals surface area (Å²) >= 11 is 0. The molecule has 284 valence electrons. The maximum atomic E-state index is 6.62. The van der Waals surface area contributed by atoms with E-state index >= 15 is 0 Å². The molecule has 60 heavy (non-hydrogen) atoms. The molecule has 0 aliphatic heterocycles. The number of fused-ring (bicyclic) bond motifs is 9. The Balaban J connectivity index is 0.983. The van der Waals surface area contributed by atoms with Crippen LogP contribution in [0.3, 0.4) is 0 Å². The van der Waals surface area contributed by atoms with E-state index in [4.69, 9.17) is 8.83 Å². The summed E-state index contributed by atoms with van der Waals surface area (Å²) in [6, 6.07) is 72.0. The maximum Gasteiger partial charge on any atom is 0.143 e. The summed E-state index contributed by atoms with van der Waals surface area (Å²) in [6.07, 6.45) is 0. The second-order valence-electron chi connectivity index (χ2n) is 16.5. The molecule has 0 radical (unpaired) electrons. The molecule has 2 aromatic heterocycles. The Morgan fingerprint density at radius 1 is 0.350 bits per heavy atom. The number of benzene rings is 9. The summed E-state index contributed by atoms with van der Waals surface area (Å²) in [4.78, 5) is 2.39. The number of hydrogen-bond donors (Lipinski definition) is 0. The monoisotopic (exact) mass is 769 g/mol. The summed E-state index contributed by atoms with van der Waals surface area (Å²) < 4.78 is 12.8. The minimum absolute atomic E-state index is 0.125. The first kappa shape index (κ1) is 34.4. The van der Waals surface area contributed by atoms with E-state index in [9.17, 15) is 0 Å². The number of nitrogens with zero attached hydrogens (tertiary/aromatic N) is 1. The lowest BCUT2D eigenvalue weighted by atomic mass is 9.82. The lowest BCUT2D eigenvalue weighted by Gasteiger charge is -2.28. The van der Waals surface area contributed by atoms with Crippen LogP contribution in [0.2, 0.25) is 0 Å². The van der Waals surface area contributed by atoms with Crippen LogP contribution in [0.1, 0.15) is 25.0 Å². The molecule has 0 N–H and O–H groups in total. The minimum atomic E-state index is -0.125. The highest BCUT2D eigenvalue weighted by Gasteiger charge is 2.35. The number of furan rings is 2. The molecule has 3 heteroatoms. The van der Waals surface area contributed by atoms with Gasteiger partial charge >= 0.3 is 0 Å². The number of anilines is 3. The maximum absolute atomic E-state index is 6.62. The fourth-order valence-electron chi connectivity index (χ4n) is 9.70. The van der Waals surface area contributed by atoms with Gasteiger partial charge in [-0.3, -0.25) is 0 Å². The van der Waals surface area contributed by atoms with Crippen LogP contribution in [0.4, 0.5) is 17.1 Å². The standard InChI is InChI=1S/C57H39NO2/c1-57(2)50-17-9-6-14-44(50)45-30-29-42(35-51(45)57)58(40-25-20-36(21-26-40)39-24-33-54-49(34-39)47-16-8-10-18-52(47)59-54)41-27-22-37(23-28-41)43-31-32-48-46-15-7-11-19-53(46)60-56(48)55(43)38-12-4-3-5-13-38/h3-35H,1-2H3. The third-order valence-corrected chi connectivity index (χ3v) is 12.7. The van der Waals surface area contributed by atoms with Crippen LogP contribution < -0.4 is 4.90 Å². The van der Waals surface area contributed by atoms with E-state index in [0.717, 1.165) is 94.3 Å². The molecule has 9 aromatic carbocycles. The molecule has 2 heterocycles. The van der Waals surface area contributed by atoms with Gasteiger partial charge in [-0.25, -0.2) is 0 Å². The van der Waals surface area contributed by atoms with Gasteiger partial charge in [0.15, 0.2) is 0 Å². The lowest BCUT2D eigenvalue weighted by molar-refractivity contribution is 0.660. The molecule has 0 unspecified atom stereocenters. The van der Waals surface area contributed by atoms with Crippen LogP contribution in [-0.4, -0.2) is 0 Å². The second-order valence-corrected chi connectivity index (χ2v) is 16.5. The third kappa shape index (κ3) is 5.29. The molecule has 3 nitrogen and oxygen atoms in total. The first-order chi connectivity index (χ1) is 29.5. The van der Waals surface area contributed by atoms with E-state index < -0.39 is 0 Å². The van der Waals surface area contributed by atoms with Crippen LogP contribution in [0, 0.1) is 0 Å². The Morgan fingerprint density at radius 2 is 0.917 bits per heavy atom. The summed E-state index contributed by atoms with van der Waals surface area (Å²) in [5.41, 5.74) is 18.9. The molecule has 0 atom stereocenters. The fraction of sp³-hybridized carbons (Fsp3) is 0.0526. The van der Waals surface area contributed by atoms with Crippen LogP contribution >= 0.6 is 0 Å². The van der Waals surface area contributed by atoms with Gasteiger partial charge in [-0.05, 0) is 117 Å². The smallest absolute Gasteiger partial charge is 0.143 e. The normalized spacial score (nSPS) is 13.0. The average molecular weight is 770 g/mol. The summed E-state index contributed by atoms with van der Waals surface area (Å²) in [5, 5.41) is 4.52. The predicted octanol–water partition coefficient (Wildman–Crippen LogP) is 16.3. The van der Waals surface area contributed by atoms with Crippen molar-refractivity contribution in [1.29, 1.82) is 0 Å². The van der Waals surface area contributed by atoms with E-state index in [1.54, 1.807) is 0 Å². The van der Waals surface area contributed by atoms with Gasteiger partial charge in [0.2, 0.25) is 0 Å². The lowest BCUT2D eigenvalue weighted by Crippen LogP contribution is -2.16. The molecule has 0 fully saturated rings. The van der Waals surface area contributed by atoms with Crippen molar-refractivity contribution >= 4 is 60.9 Å². The van der Waals surface area contributed by atoms with Gasteiger partial charge in [-0.15, -0.1) is 0 Å². The number of para-hydroxylation sites is 2. The Bertz CT molecular complexity index is 3440. The molecular formula is C57H39NO2. The van der Waals surface area contributed by atoms with E-state index in [0.29, 0.717) is 0 Å². The molecule has 0 spiro atoms. The highest BCUT2D eigenvalue weighted by Crippen LogP contribution is 2.51. The van der Waals surface area contributed by atoms with E-state index in [2.05, 4.69) is 201 Å². The summed E-state index contributed by atoms with van der Waals surface area (Å²) in [6.45, 7) is 4.69. The quantitative estimate of drug-likeness (QED) is 0.169. The van der Waals surface area contributed by atoms with Crippen LogP contribution in [-0.2, 0) is 5.41 Å². The molecule has 0 bridgehead atoms. The first-order valence-electron chi connectivity index (χ1n) is 20.7. The van der Waals surface area contributed by atoms with Crippen LogP contribution in [0.25, 0.3) is 88.4 Å². The summed E-state index contributed by atoms with van der Waals surface area (Å²) in [5.74, 6) is 0. The highest BCUT2D eigenvalue weighted by atomic mass is 16.3. The molecule has 12 rings (SSSR count). The van der Waals surface area contributed by atoms with Crippen molar-refractivity contribution in [2.24, 2.45) is 0 Å². The number of rotatable bonds is 6. The Kier molecular flexibility index (Phi) is 7.58. The van der Waals surface area contributed by atoms with Crippen molar-refractivity contribution in [1.82, 2.24) is 0 Å². The first-order valence-corrected chi connectivity index (χ1v) is 20.7. The van der Waals surface area contributed by atoms with E-state index in [1.807, 2.05) is 18.2 Å². The Hall–Kier alpha value is -7.62. The zero-order valence-electron chi connectivity index (χ0n) is 33.3. The van der Waals surface area contributed by atoms with Crippen LogP contribution in [0.5, 0.6) is 0 Å². The highest BCUT2D eigenvalue weighted by molar-refractivity contribution is 6.13. The summed E-state index contributed by atoms with van der Waals surface area (Å²) in [7, 11) is 0. The van der Waals surface area contributed by atoms with Gasteiger partial charge in [-0.2, -0.15) is 0 Å². The average Bonchev–Trinajstić information content (AvgIpc) is 3.94. The van der Waals surface area contributed by atoms with Gasteiger partial charge in [-0.1, -0.05) is 147 Å². The fourth-order valence-corrected chi connectivity index (χ4v) is 9.70. The molecule has 11 aromatic rings. The van der Waals surface area contributed by atoms with Gasteiger partial charge in [0.05, 0.1) is 0 Å². The minimum Gasteiger partial charge on any atom is -0.456 e. The van der Waals surface area contributed by atoms with Crippen molar-refractivity contribution in [3.63, 3.8) is 0 Å². The third-order valence-electron chi connectivity index (χ3n) is 12.7. The Labute approximate surface area is 348 Å². The van der Waals surface area contributed by atoms with Gasteiger partial charge in [0.1, 0.15) is 22.3 Å². The topological polar surface area (TPSA) is 29.5 Å². The van der Waals surface area contributed by atoms with E-state index in [-0.39, 0.29) is 5.41 Å². The van der Waals surface area contributed by atoms with E-state index in [1.165, 1.54) is 22.3 Å². The molecule has 0 saturated carbocycles. The molecule has 0 amide bonds. The zero-order chi connectivity index (χ0) is 40.0. The van der Waals surface area contributed by atoms with Crippen molar-refractivity contribution in [2.45, 2.75) is 19.3 Å². The predicted molar refractivity (Wildman–Crippen MR) is 250 cm³/mol. The van der Waals surface area contributed by atoms with Crippen molar-refractivity contribution in [2.75, 3.05) is 4.90 Å². The van der Waals surface area contributed by atoms with Gasteiger partial charge < -0.3 is 13.7 Å². The SMILES string of the molecule is CC1(C)c2ccccc2-c2ccc(N(c3ccc(-c4ccc5oc6ccccc6c5c4)cc3)c3ccc(-c4ccc5c(oc6ccccc65)c4-c4ccccc4)cc3)cc21. The second kappa shape index (κ2) is 13.2. The largest absolute Gasteiger partial charge is 0.456 e. The van der Waals surface area contributed by atoms with Crippen molar-refractivity contribution in [3.8, 4) is 44.5 Å². The van der Waals surface area contributed by atoms with Gasteiger partial charge in [0, 0.05) is 49.6 Å². The zero-order valence-corrected chi connectivity index (χ0v) is 33.3. The molecule has 0 saturated heterocycles. The molecular weight excluding hydrogens is 731 g/mol. The van der Waals surface area contributed by atoms with Crippen molar-refractivity contribution < 1.29 is 8.83 Å². The Morgan fingerprint density at radius 3 is 1.68 bits per heavy atom. The van der Waals surface area contributed by atoms with Gasteiger partial charge in [0.25, 0.3) is 0 Å². The molecule has 1 aliphatic carbocycles. The van der Waals surface area contributed by atoms with Crippen molar-refractivity contribution in [3.05, 3.63) is 211 Å². The number of hydrogen-bond acceptors (Lipinski definition) is 3. The van der Waals surface area contributed by atoms with Crippen LogP contribution in [0.15, 0.2) is 209 Å².